The van der Waals surface area contributed by atoms with Crippen molar-refractivity contribution in [1.82, 2.24) is 14.3 Å². The van der Waals surface area contributed by atoms with Crippen LogP contribution in [0.1, 0.15) is 18.2 Å². The van der Waals surface area contributed by atoms with Gasteiger partial charge in [-0.2, -0.15) is 28.5 Å². The first kappa shape index (κ1) is 22.7. The van der Waals surface area contributed by atoms with E-state index in [9.17, 15) is 24.2 Å². The Hall–Kier alpha value is -2.95. The first-order valence-corrected chi connectivity index (χ1v) is 11.3. The van der Waals surface area contributed by atoms with Gasteiger partial charge in [0.2, 0.25) is 11.0 Å². The second-order valence-corrected chi connectivity index (χ2v) is 9.61. The maximum absolute atomic E-state index is 12.6. The molecule has 0 saturated heterocycles. The topological polar surface area (TPSA) is 150 Å². The number of ether oxygens (including phenoxy) is 1. The van der Waals surface area contributed by atoms with Gasteiger partial charge in [0.05, 0.1) is 31.2 Å². The minimum atomic E-state index is -4.28. The zero-order valence-corrected chi connectivity index (χ0v) is 18.9. The van der Waals surface area contributed by atoms with Crippen molar-refractivity contribution in [2.75, 3.05) is 18.1 Å². The van der Waals surface area contributed by atoms with Crippen LogP contribution in [0.4, 0.5) is 5.69 Å². The summed E-state index contributed by atoms with van der Waals surface area (Å²) in [6.07, 6.45) is 3.22. The number of nitriles is 3. The molecule has 0 radical (unpaired) electrons. The molecule has 0 aliphatic carbocycles. The molecule has 0 bridgehead atoms. The number of benzene rings is 1. The molecule has 0 spiro atoms. The summed E-state index contributed by atoms with van der Waals surface area (Å²) in [5.74, 6) is 0. The maximum atomic E-state index is 12.6. The molecule has 0 saturated carbocycles. The molecule has 160 valence electrons. The minimum absolute atomic E-state index is 0.0615. The lowest BCUT2D eigenvalue weighted by Crippen LogP contribution is -2.48. The van der Waals surface area contributed by atoms with E-state index >= 15 is 0 Å². The number of sulfonamides is 1. The van der Waals surface area contributed by atoms with Crippen molar-refractivity contribution in [2.24, 2.45) is 0 Å². The van der Waals surface area contributed by atoms with Crippen LogP contribution in [-0.4, -0.2) is 47.5 Å². The number of halogens is 1. The molecule has 1 aliphatic heterocycles. The van der Waals surface area contributed by atoms with Gasteiger partial charge >= 0.3 is 10.0 Å². The van der Waals surface area contributed by atoms with E-state index in [4.69, 9.17) is 4.74 Å². The highest BCUT2D eigenvalue weighted by Crippen LogP contribution is 2.32. The summed E-state index contributed by atoms with van der Waals surface area (Å²) in [5, 5.41) is 29.1. The van der Waals surface area contributed by atoms with E-state index in [1.54, 1.807) is 30.7 Å². The van der Waals surface area contributed by atoms with Gasteiger partial charge in [0, 0.05) is 29.4 Å². The lowest BCUT2D eigenvalue weighted by Gasteiger charge is -2.31. The molecule has 2 heterocycles. The molecule has 31 heavy (non-hydrogen) atoms. The third-order valence-electron chi connectivity index (χ3n) is 4.88. The number of hydrogen-bond donors (Lipinski definition) is 1. The smallest absolute Gasteiger partial charge is 0.308 e. The third kappa shape index (κ3) is 5.04. The zero-order chi connectivity index (χ0) is 22.6. The standard InChI is InChI=1S/C19H18BrN7O3S/c1-19(10-21,11-22)30-9-17-8-26(7-16-5-24-13-25-16)18-3-2-15(20)4-14(18)6-27(17)31(28,29)12-23/h2-5,13,17H,6-9H2,1H3,(H,24,25). The SMILES string of the molecule is CC(C#N)(C#N)OCC1CN(Cc2cnc[nH]2)c2ccc(Br)cc2CN1S(=O)(=O)C#N. The van der Waals surface area contributed by atoms with Gasteiger partial charge in [-0.05, 0) is 30.7 Å². The molecule has 3 rings (SSSR count). The molecule has 1 aliphatic rings. The van der Waals surface area contributed by atoms with Crippen molar-refractivity contribution < 1.29 is 13.2 Å². The molecule has 1 unspecified atom stereocenters. The Morgan fingerprint density at radius 1 is 1.35 bits per heavy atom. The first-order chi connectivity index (χ1) is 14.7. The highest BCUT2D eigenvalue weighted by Gasteiger charge is 2.37. The van der Waals surface area contributed by atoms with Gasteiger partial charge in [-0.25, -0.2) is 4.98 Å². The largest absolute Gasteiger partial charge is 0.364 e. The molecule has 1 N–H and O–H groups in total. The van der Waals surface area contributed by atoms with Gasteiger partial charge in [0.25, 0.3) is 0 Å². The molecule has 10 nitrogen and oxygen atoms in total. The molecule has 0 fully saturated rings. The second-order valence-electron chi connectivity index (χ2n) is 7.09. The van der Waals surface area contributed by atoms with Crippen LogP contribution in [0, 0.1) is 33.3 Å². The van der Waals surface area contributed by atoms with E-state index in [1.807, 2.05) is 17.0 Å². The number of rotatable bonds is 6. The molecule has 1 atom stereocenters. The number of thiocyanates is 1. The fraction of sp³-hybridized carbons (Fsp3) is 0.368. The summed E-state index contributed by atoms with van der Waals surface area (Å²) in [4.78, 5) is 9.00. The average molecular weight is 504 g/mol. The summed E-state index contributed by atoms with van der Waals surface area (Å²) in [5.41, 5.74) is 0.558. The highest BCUT2D eigenvalue weighted by molar-refractivity contribution is 9.10. The van der Waals surface area contributed by atoms with E-state index in [0.717, 1.165) is 20.2 Å². The molecule has 1 aromatic carbocycles. The van der Waals surface area contributed by atoms with Gasteiger partial charge in [0.1, 0.15) is 12.1 Å². The predicted octanol–water partition coefficient (Wildman–Crippen LogP) is 2.00. The van der Waals surface area contributed by atoms with Crippen LogP contribution in [0.2, 0.25) is 0 Å². The zero-order valence-electron chi connectivity index (χ0n) is 16.5. The number of aromatic nitrogens is 2. The van der Waals surface area contributed by atoms with E-state index in [0.29, 0.717) is 12.1 Å². The predicted molar refractivity (Wildman–Crippen MR) is 113 cm³/mol. The Balaban J connectivity index is 2.04. The summed E-state index contributed by atoms with van der Waals surface area (Å²) in [7, 11) is -4.28. The number of H-pyrrole nitrogens is 1. The van der Waals surface area contributed by atoms with Gasteiger partial charge in [-0.1, -0.05) is 15.9 Å². The Morgan fingerprint density at radius 2 is 2.10 bits per heavy atom. The Kier molecular flexibility index (Phi) is 6.63. The number of aromatic amines is 1. The van der Waals surface area contributed by atoms with Crippen LogP contribution in [0.3, 0.4) is 0 Å². The number of anilines is 1. The van der Waals surface area contributed by atoms with Crippen LogP contribution in [0.15, 0.2) is 35.2 Å². The van der Waals surface area contributed by atoms with Crippen LogP contribution in [-0.2, 0) is 27.8 Å². The second kappa shape index (κ2) is 9.04. The summed E-state index contributed by atoms with van der Waals surface area (Å²) in [6.45, 7) is 1.57. The summed E-state index contributed by atoms with van der Waals surface area (Å²) < 4.78 is 32.6. The van der Waals surface area contributed by atoms with E-state index < -0.39 is 21.7 Å². The molecule has 1 aromatic heterocycles. The Morgan fingerprint density at radius 3 is 2.71 bits per heavy atom. The first-order valence-electron chi connectivity index (χ1n) is 9.11. The van der Waals surface area contributed by atoms with Crippen molar-refractivity contribution >= 4 is 31.6 Å². The number of nitrogens with one attached hydrogen (secondary N) is 1. The van der Waals surface area contributed by atoms with Crippen LogP contribution < -0.4 is 4.90 Å². The minimum Gasteiger partial charge on any atom is -0.364 e. The molecular formula is C19H18BrN7O3S. The molecule has 0 amide bonds. The number of fused-ring (bicyclic) bond motifs is 1. The fourth-order valence-electron chi connectivity index (χ4n) is 3.28. The van der Waals surface area contributed by atoms with Crippen molar-refractivity contribution in [3.05, 3.63) is 46.5 Å². The quantitative estimate of drug-likeness (QED) is 0.464. The van der Waals surface area contributed by atoms with Gasteiger partial charge in [-0.3, -0.25) is 0 Å². The lowest BCUT2D eigenvalue weighted by atomic mass is 10.1. The van der Waals surface area contributed by atoms with E-state index in [-0.39, 0.29) is 19.7 Å². The molecule has 12 heteroatoms. The fourth-order valence-corrected chi connectivity index (χ4v) is 4.62. The van der Waals surface area contributed by atoms with Gasteiger partial charge < -0.3 is 14.6 Å². The average Bonchev–Trinajstić information content (AvgIpc) is 3.21. The number of nitrogens with zero attached hydrogens (tertiary/aromatic N) is 6. The summed E-state index contributed by atoms with van der Waals surface area (Å²) in [6, 6.07) is 8.24. The molecule has 2 aromatic rings. The number of hydrogen-bond acceptors (Lipinski definition) is 8. The lowest BCUT2D eigenvalue weighted by molar-refractivity contribution is 0.0241. The van der Waals surface area contributed by atoms with E-state index in [2.05, 4.69) is 25.9 Å². The Labute approximate surface area is 188 Å². The van der Waals surface area contributed by atoms with Crippen LogP contribution in [0.25, 0.3) is 0 Å². The van der Waals surface area contributed by atoms with Crippen molar-refractivity contribution in [3.8, 4) is 17.5 Å². The normalized spacial score (nSPS) is 17.1. The number of imidazole rings is 1. The maximum Gasteiger partial charge on any atom is 0.308 e. The van der Waals surface area contributed by atoms with Crippen LogP contribution >= 0.6 is 15.9 Å². The highest BCUT2D eigenvalue weighted by atomic mass is 79.9. The van der Waals surface area contributed by atoms with Crippen molar-refractivity contribution in [2.45, 2.75) is 31.7 Å². The van der Waals surface area contributed by atoms with E-state index in [1.165, 1.54) is 12.3 Å². The monoisotopic (exact) mass is 503 g/mol. The van der Waals surface area contributed by atoms with Gasteiger partial charge in [0.15, 0.2) is 0 Å². The van der Waals surface area contributed by atoms with Crippen molar-refractivity contribution in [1.29, 1.82) is 15.8 Å². The van der Waals surface area contributed by atoms with Crippen molar-refractivity contribution in [3.63, 3.8) is 0 Å². The summed E-state index contributed by atoms with van der Waals surface area (Å²) >= 11 is 3.41. The molecular weight excluding hydrogens is 486 g/mol. The van der Waals surface area contributed by atoms with Gasteiger partial charge in [-0.15, -0.1) is 0 Å². The third-order valence-corrected chi connectivity index (χ3v) is 6.65. The Bertz CT molecular complexity index is 1160. The van der Waals surface area contributed by atoms with Crippen LogP contribution in [0.5, 0.6) is 0 Å².